The first-order valence-electron chi connectivity index (χ1n) is 5.54. The van der Waals surface area contributed by atoms with Crippen LogP contribution in [0.3, 0.4) is 0 Å². The third-order valence-corrected chi connectivity index (χ3v) is 3.39. The van der Waals surface area contributed by atoms with Crippen molar-refractivity contribution in [3.05, 3.63) is 33.8 Å². The van der Waals surface area contributed by atoms with Crippen molar-refractivity contribution in [3.63, 3.8) is 0 Å². The minimum atomic E-state index is -0.946. The minimum Gasteiger partial charge on any atom is -0.481 e. The maximum Gasteiger partial charge on any atom is 0.303 e. The van der Waals surface area contributed by atoms with Crippen LogP contribution < -0.4 is 0 Å². The summed E-state index contributed by atoms with van der Waals surface area (Å²) in [5.74, 6) is -3.71. The predicted octanol–water partition coefficient (Wildman–Crippen LogP) is 2.27. The summed E-state index contributed by atoms with van der Waals surface area (Å²) in [5, 5.41) is 8.58. The molecule has 0 spiro atoms. The first kappa shape index (κ1) is 13.9. The molecule has 1 amide bonds. The van der Waals surface area contributed by atoms with Gasteiger partial charge in [-0.15, -0.1) is 0 Å². The third-order valence-electron chi connectivity index (χ3n) is 2.93. The Morgan fingerprint density at radius 1 is 1.32 bits per heavy atom. The molecule has 1 saturated heterocycles. The van der Waals surface area contributed by atoms with E-state index in [9.17, 15) is 18.4 Å². The molecule has 0 saturated carbocycles. The number of rotatable bonds is 3. The smallest absolute Gasteiger partial charge is 0.303 e. The fraction of sp³-hybridized carbons (Fsp3) is 0.333. The molecule has 1 aromatic rings. The third kappa shape index (κ3) is 2.91. The van der Waals surface area contributed by atoms with Crippen molar-refractivity contribution in [2.45, 2.75) is 6.42 Å². The zero-order valence-corrected chi connectivity index (χ0v) is 11.3. The van der Waals surface area contributed by atoms with Gasteiger partial charge in [-0.05, 0) is 12.1 Å². The van der Waals surface area contributed by atoms with E-state index in [1.54, 1.807) is 0 Å². The largest absolute Gasteiger partial charge is 0.481 e. The molecule has 0 atom stereocenters. The SMILES string of the molecule is O=C(O)CC1CN(C(=O)c2c(F)cc(Br)cc2F)C1. The Bertz CT molecular complexity index is 521. The van der Waals surface area contributed by atoms with Crippen LogP contribution in [0.15, 0.2) is 16.6 Å². The van der Waals surface area contributed by atoms with E-state index in [1.807, 2.05) is 0 Å². The van der Waals surface area contributed by atoms with Gasteiger partial charge in [0.15, 0.2) is 0 Å². The van der Waals surface area contributed by atoms with Crippen LogP contribution in [0.25, 0.3) is 0 Å². The van der Waals surface area contributed by atoms with Crippen LogP contribution >= 0.6 is 15.9 Å². The number of carboxylic acids is 1. The number of aliphatic carboxylic acids is 1. The highest BCUT2D eigenvalue weighted by atomic mass is 79.9. The molecule has 1 heterocycles. The minimum absolute atomic E-state index is 0.0465. The van der Waals surface area contributed by atoms with Crippen LogP contribution in [0.1, 0.15) is 16.8 Å². The highest BCUT2D eigenvalue weighted by molar-refractivity contribution is 9.10. The molecule has 19 heavy (non-hydrogen) atoms. The lowest BCUT2D eigenvalue weighted by molar-refractivity contribution is -0.139. The van der Waals surface area contributed by atoms with Gasteiger partial charge in [-0.2, -0.15) is 0 Å². The van der Waals surface area contributed by atoms with Crippen LogP contribution in [-0.2, 0) is 4.79 Å². The van der Waals surface area contributed by atoms with Crippen molar-refractivity contribution in [2.75, 3.05) is 13.1 Å². The molecule has 102 valence electrons. The molecule has 1 aliphatic heterocycles. The summed E-state index contributed by atoms with van der Waals surface area (Å²) in [5.41, 5.74) is -0.600. The Hall–Kier alpha value is -1.50. The molecule has 4 nitrogen and oxygen atoms in total. The average Bonchev–Trinajstić information content (AvgIpc) is 2.20. The predicted molar refractivity (Wildman–Crippen MR) is 65.7 cm³/mol. The lowest BCUT2D eigenvalue weighted by atomic mass is 9.95. The first-order valence-corrected chi connectivity index (χ1v) is 6.33. The Morgan fingerprint density at radius 2 is 1.84 bits per heavy atom. The highest BCUT2D eigenvalue weighted by Crippen LogP contribution is 2.25. The Balaban J connectivity index is 2.08. The number of nitrogens with zero attached hydrogens (tertiary/aromatic N) is 1. The summed E-state index contributed by atoms with van der Waals surface area (Å²) < 4.78 is 27.4. The van der Waals surface area contributed by atoms with Gasteiger partial charge in [-0.25, -0.2) is 8.78 Å². The lowest BCUT2D eigenvalue weighted by Crippen LogP contribution is -2.51. The van der Waals surface area contributed by atoms with Crippen molar-refractivity contribution >= 4 is 27.8 Å². The second-order valence-electron chi connectivity index (χ2n) is 4.42. The Labute approximate surface area is 116 Å². The van der Waals surface area contributed by atoms with E-state index < -0.39 is 29.1 Å². The molecule has 0 aromatic heterocycles. The molecule has 0 radical (unpaired) electrons. The molecular weight excluding hydrogens is 324 g/mol. The standard InChI is InChI=1S/C12H10BrF2NO3/c13-7-2-8(14)11(9(15)3-7)12(19)16-4-6(5-16)1-10(17)18/h2-3,6H,1,4-5H2,(H,17,18). The maximum atomic E-state index is 13.6. The highest BCUT2D eigenvalue weighted by Gasteiger charge is 2.34. The fourth-order valence-electron chi connectivity index (χ4n) is 2.02. The summed E-state index contributed by atoms with van der Waals surface area (Å²) in [6.45, 7) is 0.417. The van der Waals surface area contributed by atoms with Gasteiger partial charge < -0.3 is 10.0 Å². The number of carboxylic acid groups (broad SMARTS) is 1. The summed E-state index contributed by atoms with van der Waals surface area (Å²) in [6, 6.07) is 2.04. The van der Waals surface area contributed by atoms with Crippen molar-refractivity contribution < 1.29 is 23.5 Å². The van der Waals surface area contributed by atoms with E-state index in [0.717, 1.165) is 12.1 Å². The second kappa shape index (κ2) is 5.24. The average molecular weight is 334 g/mol. The van der Waals surface area contributed by atoms with E-state index in [-0.39, 0.29) is 29.9 Å². The molecule has 7 heteroatoms. The summed E-state index contributed by atoms with van der Waals surface area (Å²) in [6.07, 6.45) is -0.0465. The number of carbonyl (C=O) groups is 2. The molecule has 1 fully saturated rings. The Morgan fingerprint density at radius 3 is 2.32 bits per heavy atom. The topological polar surface area (TPSA) is 57.6 Å². The van der Waals surface area contributed by atoms with E-state index >= 15 is 0 Å². The molecule has 1 N–H and O–H groups in total. The molecular formula is C12H10BrF2NO3. The zero-order chi connectivity index (χ0) is 14.2. The van der Waals surface area contributed by atoms with Crippen LogP contribution in [0.2, 0.25) is 0 Å². The van der Waals surface area contributed by atoms with Gasteiger partial charge in [0.2, 0.25) is 0 Å². The first-order chi connectivity index (χ1) is 8.88. The Kier molecular flexibility index (Phi) is 3.84. The van der Waals surface area contributed by atoms with Crippen molar-refractivity contribution in [1.29, 1.82) is 0 Å². The normalized spacial score (nSPS) is 15.2. The number of halogens is 3. The zero-order valence-electron chi connectivity index (χ0n) is 9.70. The van der Waals surface area contributed by atoms with E-state index in [1.165, 1.54) is 4.90 Å². The molecule has 1 aromatic carbocycles. The summed E-state index contributed by atoms with van der Waals surface area (Å²) in [7, 11) is 0. The monoisotopic (exact) mass is 333 g/mol. The summed E-state index contributed by atoms with van der Waals surface area (Å²) in [4.78, 5) is 23.6. The van der Waals surface area contributed by atoms with Gasteiger partial charge in [0.05, 0.1) is 6.42 Å². The fourth-order valence-corrected chi connectivity index (χ4v) is 2.42. The second-order valence-corrected chi connectivity index (χ2v) is 5.33. The van der Waals surface area contributed by atoms with E-state index in [2.05, 4.69) is 15.9 Å². The van der Waals surface area contributed by atoms with Crippen LogP contribution in [0.5, 0.6) is 0 Å². The van der Waals surface area contributed by atoms with Crippen molar-refractivity contribution in [2.24, 2.45) is 5.92 Å². The van der Waals surface area contributed by atoms with Gasteiger partial charge >= 0.3 is 5.97 Å². The van der Waals surface area contributed by atoms with E-state index in [0.29, 0.717) is 0 Å². The number of hydrogen-bond acceptors (Lipinski definition) is 2. The van der Waals surface area contributed by atoms with Gasteiger partial charge in [-0.1, -0.05) is 15.9 Å². The number of amides is 1. The number of carbonyl (C=O) groups excluding carboxylic acids is 1. The number of hydrogen-bond donors (Lipinski definition) is 1. The number of likely N-dealkylation sites (tertiary alicyclic amines) is 1. The van der Waals surface area contributed by atoms with Crippen LogP contribution in [0.4, 0.5) is 8.78 Å². The van der Waals surface area contributed by atoms with Gasteiger partial charge in [0.25, 0.3) is 5.91 Å². The molecule has 2 rings (SSSR count). The lowest BCUT2D eigenvalue weighted by Gasteiger charge is -2.38. The molecule has 0 unspecified atom stereocenters. The number of benzene rings is 1. The van der Waals surface area contributed by atoms with Crippen LogP contribution in [-0.4, -0.2) is 35.0 Å². The molecule has 1 aliphatic rings. The summed E-state index contributed by atoms with van der Waals surface area (Å²) >= 11 is 2.93. The van der Waals surface area contributed by atoms with Gasteiger partial charge in [0.1, 0.15) is 17.2 Å². The quantitative estimate of drug-likeness (QED) is 0.923. The van der Waals surface area contributed by atoms with Crippen LogP contribution in [0, 0.1) is 17.6 Å². The molecule has 0 aliphatic carbocycles. The maximum absolute atomic E-state index is 13.6. The van der Waals surface area contributed by atoms with Crippen molar-refractivity contribution in [1.82, 2.24) is 4.90 Å². The van der Waals surface area contributed by atoms with Gasteiger partial charge in [-0.3, -0.25) is 9.59 Å². The van der Waals surface area contributed by atoms with Gasteiger partial charge in [0, 0.05) is 23.5 Å². The van der Waals surface area contributed by atoms with E-state index in [4.69, 9.17) is 5.11 Å². The molecule has 0 bridgehead atoms. The van der Waals surface area contributed by atoms with Crippen molar-refractivity contribution in [3.8, 4) is 0 Å².